The molecule has 2 aliphatic rings. The van der Waals surface area contributed by atoms with E-state index in [2.05, 4.69) is 10.6 Å². The summed E-state index contributed by atoms with van der Waals surface area (Å²) >= 11 is 0. The number of aromatic hydroxyl groups is 1. The maximum absolute atomic E-state index is 13.7. The van der Waals surface area contributed by atoms with Crippen molar-refractivity contribution >= 4 is 0 Å². The Morgan fingerprint density at radius 3 is 2.59 bits per heavy atom. The van der Waals surface area contributed by atoms with Crippen molar-refractivity contribution in [3.8, 4) is 5.75 Å². The lowest BCUT2D eigenvalue weighted by Crippen LogP contribution is -2.42. The lowest BCUT2D eigenvalue weighted by atomic mass is 9.93. The molecule has 1 aromatic rings. The second-order valence-electron chi connectivity index (χ2n) is 6.50. The SMILES string of the molecule is Oc1cc(F)c(CCNC2CCCC2C2CCCN2)c(F)c1. The fourth-order valence-electron chi connectivity index (χ4n) is 4.01. The van der Waals surface area contributed by atoms with Crippen LogP contribution in [0.2, 0.25) is 0 Å². The Morgan fingerprint density at radius 1 is 1.14 bits per heavy atom. The molecule has 1 saturated heterocycles. The van der Waals surface area contributed by atoms with Crippen molar-refractivity contribution in [1.29, 1.82) is 0 Å². The number of halogens is 2. The molecule has 5 heteroatoms. The Hall–Kier alpha value is -1.20. The zero-order chi connectivity index (χ0) is 15.5. The summed E-state index contributed by atoms with van der Waals surface area (Å²) in [6, 6.07) is 2.99. The maximum atomic E-state index is 13.7. The number of phenols is 1. The number of phenolic OH excluding ortho intramolecular Hbond substituents is 1. The van der Waals surface area contributed by atoms with Gasteiger partial charge < -0.3 is 15.7 Å². The third-order valence-corrected chi connectivity index (χ3v) is 5.09. The fraction of sp³-hybridized carbons (Fsp3) is 0.647. The predicted octanol–water partition coefficient (Wildman–Crippen LogP) is 2.72. The number of benzene rings is 1. The summed E-state index contributed by atoms with van der Waals surface area (Å²) in [6.07, 6.45) is 6.39. The third-order valence-electron chi connectivity index (χ3n) is 5.09. The molecule has 1 aliphatic heterocycles. The highest BCUT2D eigenvalue weighted by atomic mass is 19.1. The molecular weight excluding hydrogens is 286 g/mol. The summed E-state index contributed by atoms with van der Waals surface area (Å²) in [4.78, 5) is 0. The summed E-state index contributed by atoms with van der Waals surface area (Å²) in [5, 5.41) is 16.2. The van der Waals surface area contributed by atoms with Gasteiger partial charge >= 0.3 is 0 Å². The molecule has 1 aliphatic carbocycles. The van der Waals surface area contributed by atoms with E-state index in [1.807, 2.05) is 0 Å². The first-order valence-corrected chi connectivity index (χ1v) is 8.29. The van der Waals surface area contributed by atoms with E-state index in [1.54, 1.807) is 0 Å². The molecule has 0 aromatic heterocycles. The molecule has 1 heterocycles. The first kappa shape index (κ1) is 15.7. The minimum atomic E-state index is -0.667. The van der Waals surface area contributed by atoms with Crippen LogP contribution in [0, 0.1) is 17.6 Å². The normalized spacial score (nSPS) is 28.4. The number of hydrogen-bond acceptors (Lipinski definition) is 3. The van der Waals surface area contributed by atoms with Gasteiger partial charge in [0.05, 0.1) is 0 Å². The summed E-state index contributed by atoms with van der Waals surface area (Å²) < 4.78 is 27.4. The fourth-order valence-corrected chi connectivity index (χ4v) is 4.01. The predicted molar refractivity (Wildman–Crippen MR) is 81.9 cm³/mol. The molecule has 22 heavy (non-hydrogen) atoms. The highest BCUT2D eigenvalue weighted by Crippen LogP contribution is 2.32. The molecule has 3 N–H and O–H groups in total. The van der Waals surface area contributed by atoms with Crippen LogP contribution in [0.1, 0.15) is 37.7 Å². The van der Waals surface area contributed by atoms with Crippen molar-refractivity contribution in [2.24, 2.45) is 5.92 Å². The van der Waals surface area contributed by atoms with E-state index in [9.17, 15) is 8.78 Å². The average Bonchev–Trinajstić information content (AvgIpc) is 3.12. The van der Waals surface area contributed by atoms with Gasteiger partial charge in [-0.2, -0.15) is 0 Å². The maximum Gasteiger partial charge on any atom is 0.133 e. The topological polar surface area (TPSA) is 44.3 Å². The van der Waals surface area contributed by atoms with Crippen LogP contribution < -0.4 is 10.6 Å². The minimum absolute atomic E-state index is 0.0545. The van der Waals surface area contributed by atoms with E-state index in [0.29, 0.717) is 31.0 Å². The monoisotopic (exact) mass is 310 g/mol. The first-order chi connectivity index (χ1) is 10.6. The largest absolute Gasteiger partial charge is 0.508 e. The molecule has 1 saturated carbocycles. The molecule has 0 amide bonds. The summed E-state index contributed by atoms with van der Waals surface area (Å²) in [5.41, 5.74) is 0.0545. The Balaban J connectivity index is 1.54. The van der Waals surface area contributed by atoms with Crippen molar-refractivity contribution in [3.63, 3.8) is 0 Å². The highest BCUT2D eigenvalue weighted by molar-refractivity contribution is 5.29. The number of nitrogens with one attached hydrogen (secondary N) is 2. The van der Waals surface area contributed by atoms with E-state index < -0.39 is 11.6 Å². The van der Waals surface area contributed by atoms with Crippen molar-refractivity contribution in [2.75, 3.05) is 13.1 Å². The summed E-state index contributed by atoms with van der Waals surface area (Å²) in [6.45, 7) is 1.67. The summed E-state index contributed by atoms with van der Waals surface area (Å²) in [7, 11) is 0. The van der Waals surface area contributed by atoms with Crippen LogP contribution >= 0.6 is 0 Å². The smallest absolute Gasteiger partial charge is 0.133 e. The lowest BCUT2D eigenvalue weighted by Gasteiger charge is -2.26. The third kappa shape index (κ3) is 3.41. The van der Waals surface area contributed by atoms with Gasteiger partial charge in [0.25, 0.3) is 0 Å². The van der Waals surface area contributed by atoms with Crippen molar-refractivity contribution in [2.45, 2.75) is 50.6 Å². The van der Waals surface area contributed by atoms with E-state index in [4.69, 9.17) is 5.11 Å². The van der Waals surface area contributed by atoms with Crippen molar-refractivity contribution < 1.29 is 13.9 Å². The Labute approximate surface area is 130 Å². The van der Waals surface area contributed by atoms with Crippen molar-refractivity contribution in [3.05, 3.63) is 29.3 Å². The molecule has 3 nitrogen and oxygen atoms in total. The van der Waals surface area contributed by atoms with Gasteiger partial charge in [-0.05, 0) is 51.1 Å². The van der Waals surface area contributed by atoms with Gasteiger partial charge in [-0.25, -0.2) is 8.78 Å². The van der Waals surface area contributed by atoms with E-state index >= 15 is 0 Å². The second kappa shape index (κ2) is 6.92. The molecule has 3 unspecified atom stereocenters. The molecule has 0 spiro atoms. The highest BCUT2D eigenvalue weighted by Gasteiger charge is 2.34. The van der Waals surface area contributed by atoms with Gasteiger partial charge in [-0.1, -0.05) is 6.42 Å². The van der Waals surface area contributed by atoms with Crippen LogP contribution in [0.3, 0.4) is 0 Å². The van der Waals surface area contributed by atoms with Crippen molar-refractivity contribution in [1.82, 2.24) is 10.6 Å². The molecular formula is C17H24F2N2O. The van der Waals surface area contributed by atoms with E-state index in [0.717, 1.165) is 25.1 Å². The summed E-state index contributed by atoms with van der Waals surface area (Å²) in [5.74, 6) is -1.06. The quantitative estimate of drug-likeness (QED) is 0.783. The van der Waals surface area contributed by atoms with Gasteiger partial charge in [-0.15, -0.1) is 0 Å². The second-order valence-corrected chi connectivity index (χ2v) is 6.50. The number of rotatable bonds is 5. The van der Waals surface area contributed by atoms with E-state index in [1.165, 1.54) is 25.7 Å². The molecule has 2 fully saturated rings. The molecule has 122 valence electrons. The average molecular weight is 310 g/mol. The van der Waals surface area contributed by atoms with Gasteiger partial charge in [0.1, 0.15) is 17.4 Å². The standard InChI is InChI=1S/C17H24F2N2O/c18-14-9-11(22)10-15(19)12(14)6-8-21-16-4-1-3-13(16)17-5-2-7-20-17/h9-10,13,16-17,20-22H,1-8H2. The molecule has 3 atom stereocenters. The Morgan fingerprint density at radius 2 is 1.91 bits per heavy atom. The van der Waals surface area contributed by atoms with Gasteiger partial charge in [0.15, 0.2) is 0 Å². The minimum Gasteiger partial charge on any atom is -0.508 e. The van der Waals surface area contributed by atoms with Gasteiger partial charge in [0, 0.05) is 29.8 Å². The molecule has 1 aromatic carbocycles. The zero-order valence-corrected chi connectivity index (χ0v) is 12.7. The number of hydrogen-bond donors (Lipinski definition) is 3. The van der Waals surface area contributed by atoms with Gasteiger partial charge in [-0.3, -0.25) is 0 Å². The lowest BCUT2D eigenvalue weighted by molar-refractivity contribution is 0.321. The van der Waals surface area contributed by atoms with Crippen LogP contribution in [0.15, 0.2) is 12.1 Å². The Bertz CT molecular complexity index is 494. The van der Waals surface area contributed by atoms with Crippen LogP contribution in [0.4, 0.5) is 8.78 Å². The van der Waals surface area contributed by atoms with Crippen LogP contribution in [-0.2, 0) is 6.42 Å². The van der Waals surface area contributed by atoms with Crippen LogP contribution in [0.5, 0.6) is 5.75 Å². The van der Waals surface area contributed by atoms with Crippen LogP contribution in [0.25, 0.3) is 0 Å². The van der Waals surface area contributed by atoms with E-state index in [-0.39, 0.29) is 11.3 Å². The zero-order valence-electron chi connectivity index (χ0n) is 12.7. The Kier molecular flexibility index (Phi) is 4.93. The van der Waals surface area contributed by atoms with Crippen LogP contribution in [-0.4, -0.2) is 30.3 Å². The molecule has 3 rings (SSSR count). The van der Waals surface area contributed by atoms with Gasteiger partial charge in [0.2, 0.25) is 0 Å². The molecule has 0 bridgehead atoms. The first-order valence-electron chi connectivity index (χ1n) is 8.29. The molecule has 0 radical (unpaired) electrons.